The fraction of sp³-hybridized carbons (Fsp3) is 0.100. The third-order valence-electron chi connectivity index (χ3n) is 1.88. The normalized spacial score (nSPS) is 10.1. The average Bonchev–Trinajstić information content (AvgIpc) is 2.70. The largest absolute Gasteiger partial charge is 0.496 e. The molecule has 0 N–H and O–H groups in total. The fourth-order valence-electron chi connectivity index (χ4n) is 1.23. The van der Waals surface area contributed by atoms with Crippen molar-refractivity contribution in [2.45, 2.75) is 0 Å². The van der Waals surface area contributed by atoms with E-state index in [1.807, 2.05) is 0 Å². The van der Waals surface area contributed by atoms with Crippen LogP contribution in [0, 0.1) is 5.82 Å². The van der Waals surface area contributed by atoms with E-state index in [9.17, 15) is 4.39 Å². The molecule has 0 bridgehead atoms. The first-order valence-corrected chi connectivity index (χ1v) is 4.05. The zero-order valence-corrected chi connectivity index (χ0v) is 7.53. The van der Waals surface area contributed by atoms with E-state index in [-0.39, 0.29) is 5.82 Å². The number of hydrogen-bond acceptors (Lipinski definition) is 3. The Morgan fingerprint density at radius 3 is 2.86 bits per heavy atom. The molecule has 1 heterocycles. The third-order valence-corrected chi connectivity index (χ3v) is 1.88. The summed E-state index contributed by atoms with van der Waals surface area (Å²) in [5.41, 5.74) is 1.14. The summed E-state index contributed by atoms with van der Waals surface area (Å²) >= 11 is 0. The van der Waals surface area contributed by atoms with E-state index in [0.29, 0.717) is 17.0 Å². The highest BCUT2D eigenvalue weighted by Gasteiger charge is 2.09. The molecule has 0 saturated carbocycles. The number of hydrogen-bond donors (Lipinski definition) is 0. The highest BCUT2D eigenvalue weighted by atomic mass is 19.1. The van der Waals surface area contributed by atoms with Crippen LogP contribution in [-0.2, 0) is 0 Å². The number of methoxy groups -OCH3 is 1. The Morgan fingerprint density at radius 1 is 1.36 bits per heavy atom. The molecule has 0 aliphatic carbocycles. The minimum Gasteiger partial charge on any atom is -0.496 e. The lowest BCUT2D eigenvalue weighted by Crippen LogP contribution is -1.88. The Labute approximate surface area is 80.1 Å². The van der Waals surface area contributed by atoms with Crippen LogP contribution in [0.25, 0.3) is 11.3 Å². The minimum absolute atomic E-state index is 0.330. The van der Waals surface area contributed by atoms with Crippen LogP contribution in [0.15, 0.2) is 35.1 Å². The van der Waals surface area contributed by atoms with Gasteiger partial charge in [-0.2, -0.15) is 0 Å². The Balaban J connectivity index is 2.55. The smallest absolute Gasteiger partial charge is 0.128 e. The van der Waals surface area contributed by atoms with E-state index in [1.165, 1.54) is 25.5 Å². The third kappa shape index (κ3) is 1.46. The Kier molecular flexibility index (Phi) is 2.18. The maximum Gasteiger partial charge on any atom is 0.128 e. The maximum atomic E-state index is 13.0. The van der Waals surface area contributed by atoms with Crippen LogP contribution in [0.3, 0.4) is 0 Å². The summed E-state index contributed by atoms with van der Waals surface area (Å²) in [6, 6.07) is 5.90. The van der Waals surface area contributed by atoms with Crippen molar-refractivity contribution < 1.29 is 13.7 Å². The fourth-order valence-corrected chi connectivity index (χ4v) is 1.23. The van der Waals surface area contributed by atoms with E-state index in [2.05, 4.69) is 9.68 Å². The minimum atomic E-state index is -0.330. The lowest BCUT2D eigenvalue weighted by molar-refractivity contribution is 0.410. The van der Waals surface area contributed by atoms with Crippen molar-refractivity contribution in [2.24, 2.45) is 0 Å². The van der Waals surface area contributed by atoms with Crippen LogP contribution >= 0.6 is 0 Å². The second-order valence-electron chi connectivity index (χ2n) is 2.73. The molecule has 0 fully saturated rings. The summed E-state index contributed by atoms with van der Waals surface area (Å²) in [5.74, 6) is 0.240. The summed E-state index contributed by atoms with van der Waals surface area (Å²) in [6.45, 7) is 0. The van der Waals surface area contributed by atoms with Gasteiger partial charge >= 0.3 is 0 Å². The van der Waals surface area contributed by atoms with Crippen molar-refractivity contribution in [3.05, 3.63) is 36.3 Å². The number of nitrogens with zero attached hydrogens (tertiary/aromatic N) is 1. The molecule has 4 heteroatoms. The molecule has 1 aromatic heterocycles. The number of benzene rings is 1. The van der Waals surface area contributed by atoms with E-state index in [0.717, 1.165) is 0 Å². The molecule has 0 amide bonds. The molecular weight excluding hydrogens is 185 g/mol. The van der Waals surface area contributed by atoms with Gasteiger partial charge in [-0.3, -0.25) is 0 Å². The monoisotopic (exact) mass is 193 g/mol. The van der Waals surface area contributed by atoms with Gasteiger partial charge in [0.05, 0.1) is 7.11 Å². The van der Waals surface area contributed by atoms with Gasteiger partial charge in [0, 0.05) is 11.6 Å². The standard InChI is InChI=1S/C10H8FNO2/c1-13-10-3-2-7(11)6-8(10)9-4-5-14-12-9/h2-6H,1H3. The van der Waals surface area contributed by atoms with Crippen LogP contribution < -0.4 is 4.74 Å². The van der Waals surface area contributed by atoms with Crippen LogP contribution in [0.5, 0.6) is 5.75 Å². The second-order valence-corrected chi connectivity index (χ2v) is 2.73. The first-order chi connectivity index (χ1) is 6.81. The molecule has 0 unspecified atom stereocenters. The van der Waals surface area contributed by atoms with Gasteiger partial charge in [-0.15, -0.1) is 0 Å². The summed E-state index contributed by atoms with van der Waals surface area (Å²) in [4.78, 5) is 0. The van der Waals surface area contributed by atoms with Crippen LogP contribution in [0.2, 0.25) is 0 Å². The van der Waals surface area contributed by atoms with Crippen molar-refractivity contribution in [2.75, 3.05) is 7.11 Å². The number of ether oxygens (including phenoxy) is 1. The predicted molar refractivity (Wildman–Crippen MR) is 48.4 cm³/mol. The van der Waals surface area contributed by atoms with E-state index in [4.69, 9.17) is 4.74 Å². The molecule has 0 radical (unpaired) electrons. The lowest BCUT2D eigenvalue weighted by Gasteiger charge is -2.04. The highest BCUT2D eigenvalue weighted by Crippen LogP contribution is 2.28. The molecule has 0 atom stereocenters. The number of rotatable bonds is 2. The predicted octanol–water partition coefficient (Wildman–Crippen LogP) is 2.49. The second kappa shape index (κ2) is 3.49. The van der Waals surface area contributed by atoms with Crippen molar-refractivity contribution >= 4 is 0 Å². The highest BCUT2D eigenvalue weighted by molar-refractivity contribution is 5.66. The Hall–Kier alpha value is -1.84. The molecule has 0 spiro atoms. The summed E-state index contributed by atoms with van der Waals surface area (Å²) in [7, 11) is 1.52. The molecule has 2 rings (SSSR count). The van der Waals surface area contributed by atoms with Crippen molar-refractivity contribution in [1.82, 2.24) is 5.16 Å². The maximum absolute atomic E-state index is 13.0. The SMILES string of the molecule is COc1ccc(F)cc1-c1ccon1. The van der Waals surface area contributed by atoms with Gasteiger partial charge in [-0.25, -0.2) is 4.39 Å². The topological polar surface area (TPSA) is 35.3 Å². The molecule has 72 valence electrons. The molecule has 0 saturated heterocycles. The summed E-state index contributed by atoms with van der Waals surface area (Å²) in [6.07, 6.45) is 1.43. The van der Waals surface area contributed by atoms with Crippen molar-refractivity contribution in [3.63, 3.8) is 0 Å². The first kappa shape index (κ1) is 8.74. The zero-order chi connectivity index (χ0) is 9.97. The van der Waals surface area contributed by atoms with E-state index >= 15 is 0 Å². The summed E-state index contributed by atoms with van der Waals surface area (Å²) in [5, 5.41) is 3.71. The van der Waals surface area contributed by atoms with Gasteiger partial charge in [0.2, 0.25) is 0 Å². The Bertz CT molecular complexity index is 426. The molecule has 2 aromatic rings. The Morgan fingerprint density at radius 2 is 2.21 bits per heavy atom. The summed E-state index contributed by atoms with van der Waals surface area (Å²) < 4.78 is 22.7. The van der Waals surface area contributed by atoms with Gasteiger partial charge in [0.25, 0.3) is 0 Å². The first-order valence-electron chi connectivity index (χ1n) is 4.05. The van der Waals surface area contributed by atoms with Crippen LogP contribution in [0.1, 0.15) is 0 Å². The van der Waals surface area contributed by atoms with Gasteiger partial charge < -0.3 is 9.26 Å². The van der Waals surface area contributed by atoms with Gasteiger partial charge in [0.15, 0.2) is 0 Å². The van der Waals surface area contributed by atoms with Gasteiger partial charge in [-0.1, -0.05) is 5.16 Å². The quantitative estimate of drug-likeness (QED) is 0.734. The van der Waals surface area contributed by atoms with Gasteiger partial charge in [0.1, 0.15) is 23.5 Å². The van der Waals surface area contributed by atoms with E-state index < -0.39 is 0 Å². The zero-order valence-electron chi connectivity index (χ0n) is 7.53. The van der Waals surface area contributed by atoms with Gasteiger partial charge in [-0.05, 0) is 18.2 Å². The molecular formula is C10H8FNO2. The number of halogens is 1. The molecule has 0 aliphatic rings. The van der Waals surface area contributed by atoms with Crippen LogP contribution in [0.4, 0.5) is 4.39 Å². The van der Waals surface area contributed by atoms with E-state index in [1.54, 1.807) is 12.1 Å². The molecule has 14 heavy (non-hydrogen) atoms. The molecule has 0 aliphatic heterocycles. The van der Waals surface area contributed by atoms with Crippen molar-refractivity contribution in [3.8, 4) is 17.0 Å². The number of aromatic nitrogens is 1. The van der Waals surface area contributed by atoms with Crippen LogP contribution in [-0.4, -0.2) is 12.3 Å². The molecule has 1 aromatic carbocycles. The van der Waals surface area contributed by atoms with Crippen molar-refractivity contribution in [1.29, 1.82) is 0 Å². The lowest BCUT2D eigenvalue weighted by atomic mass is 10.1. The molecule has 3 nitrogen and oxygen atoms in total. The average molecular weight is 193 g/mol.